The number of carbonyl (C=O) groups excluding carboxylic acids is 1. The molecule has 0 aliphatic carbocycles. The molecule has 0 radical (unpaired) electrons. The molecule has 0 bridgehead atoms. The van der Waals surface area contributed by atoms with E-state index in [2.05, 4.69) is 6.58 Å². The Bertz CT molecular complexity index is 221. The number of ketones is 1. The molecule has 0 aromatic rings. The third-order valence-electron chi connectivity index (χ3n) is 1.66. The highest BCUT2D eigenvalue weighted by atomic mass is 16.5. The van der Waals surface area contributed by atoms with E-state index >= 15 is 0 Å². The van der Waals surface area contributed by atoms with Gasteiger partial charge >= 0.3 is 0 Å². The maximum atomic E-state index is 10.5. The Morgan fingerprint density at radius 1 is 1.83 bits per heavy atom. The van der Waals surface area contributed by atoms with Crippen LogP contribution in [0.5, 0.6) is 0 Å². The van der Waals surface area contributed by atoms with Crippen molar-refractivity contribution in [3.8, 4) is 0 Å². The zero-order valence-electron chi connectivity index (χ0n) is 7.25. The molecule has 66 valence electrons. The van der Waals surface area contributed by atoms with Crippen LogP contribution in [0.15, 0.2) is 24.6 Å². The number of rotatable bonds is 3. The Kier molecular flexibility index (Phi) is 2.91. The maximum Gasteiger partial charge on any atom is 0.182 e. The fraction of sp³-hybridized carbons (Fsp3) is 0.444. The molecular weight excluding hydrogens is 154 g/mol. The van der Waals surface area contributed by atoms with Crippen molar-refractivity contribution < 1.29 is 9.53 Å². The van der Waals surface area contributed by atoms with Crippen LogP contribution in [0.4, 0.5) is 0 Å². The number of carbonyl (C=O) groups is 1. The number of allylic oxidation sites excluding steroid dienone is 1. The maximum absolute atomic E-state index is 10.5. The van der Waals surface area contributed by atoms with Gasteiger partial charge in [0.15, 0.2) is 11.7 Å². The van der Waals surface area contributed by atoms with Gasteiger partial charge in [-0.3, -0.25) is 4.79 Å². The fourth-order valence-corrected chi connectivity index (χ4v) is 1.03. The van der Waals surface area contributed by atoms with Crippen molar-refractivity contribution in [2.45, 2.75) is 6.92 Å². The standard InChI is InChI=1S/C9H13NO2/c1-8(11)4-3-5-10-6-7-12-9(10)2/h3-4H,2,5-7H2,1H3/b4-3+. The van der Waals surface area contributed by atoms with Gasteiger partial charge < -0.3 is 9.64 Å². The Hall–Kier alpha value is -1.25. The third-order valence-corrected chi connectivity index (χ3v) is 1.66. The summed E-state index contributed by atoms with van der Waals surface area (Å²) < 4.78 is 5.14. The van der Waals surface area contributed by atoms with Gasteiger partial charge in [0.05, 0.1) is 6.54 Å². The molecule has 1 heterocycles. The highest BCUT2D eigenvalue weighted by Gasteiger charge is 2.13. The zero-order chi connectivity index (χ0) is 8.97. The molecule has 12 heavy (non-hydrogen) atoms. The van der Waals surface area contributed by atoms with Gasteiger partial charge in [-0.1, -0.05) is 6.08 Å². The molecule has 3 nitrogen and oxygen atoms in total. The molecule has 0 unspecified atom stereocenters. The Morgan fingerprint density at radius 3 is 3.08 bits per heavy atom. The molecule has 1 aliphatic heterocycles. The van der Waals surface area contributed by atoms with Gasteiger partial charge in [-0.15, -0.1) is 0 Å². The molecule has 0 spiro atoms. The van der Waals surface area contributed by atoms with Gasteiger partial charge in [0.25, 0.3) is 0 Å². The number of hydrogen-bond acceptors (Lipinski definition) is 3. The van der Waals surface area contributed by atoms with Crippen molar-refractivity contribution in [2.24, 2.45) is 0 Å². The number of nitrogens with zero attached hydrogens (tertiary/aromatic N) is 1. The van der Waals surface area contributed by atoms with E-state index in [9.17, 15) is 4.79 Å². The van der Waals surface area contributed by atoms with Crippen LogP contribution in [0, 0.1) is 0 Å². The van der Waals surface area contributed by atoms with Crippen molar-refractivity contribution >= 4 is 5.78 Å². The van der Waals surface area contributed by atoms with Gasteiger partial charge in [0.2, 0.25) is 0 Å². The monoisotopic (exact) mass is 167 g/mol. The van der Waals surface area contributed by atoms with E-state index in [1.165, 1.54) is 6.92 Å². The van der Waals surface area contributed by atoms with Crippen molar-refractivity contribution in [3.05, 3.63) is 24.6 Å². The van der Waals surface area contributed by atoms with Crippen molar-refractivity contribution in [1.82, 2.24) is 4.90 Å². The van der Waals surface area contributed by atoms with Crippen molar-refractivity contribution in [2.75, 3.05) is 19.7 Å². The van der Waals surface area contributed by atoms with Crippen LogP contribution in [-0.2, 0) is 9.53 Å². The average molecular weight is 167 g/mol. The van der Waals surface area contributed by atoms with Crippen LogP contribution in [0.25, 0.3) is 0 Å². The van der Waals surface area contributed by atoms with Gasteiger partial charge in [0.1, 0.15) is 6.61 Å². The van der Waals surface area contributed by atoms with Crippen molar-refractivity contribution in [1.29, 1.82) is 0 Å². The van der Waals surface area contributed by atoms with Crippen LogP contribution >= 0.6 is 0 Å². The summed E-state index contributed by atoms with van der Waals surface area (Å²) in [6, 6.07) is 0. The molecular formula is C9H13NO2. The summed E-state index contributed by atoms with van der Waals surface area (Å²) in [5.41, 5.74) is 0. The molecule has 1 aliphatic rings. The van der Waals surface area contributed by atoms with Gasteiger partial charge in [-0.05, 0) is 19.6 Å². The van der Waals surface area contributed by atoms with E-state index in [0.29, 0.717) is 19.0 Å². The van der Waals surface area contributed by atoms with Crippen LogP contribution < -0.4 is 0 Å². The van der Waals surface area contributed by atoms with E-state index in [1.807, 2.05) is 11.0 Å². The SMILES string of the molecule is C=C1OCCN1C/C=C/C(C)=O. The lowest BCUT2D eigenvalue weighted by molar-refractivity contribution is -0.112. The molecule has 3 heteroatoms. The van der Waals surface area contributed by atoms with Crippen LogP contribution in [-0.4, -0.2) is 30.4 Å². The Morgan fingerprint density at radius 2 is 2.58 bits per heavy atom. The highest BCUT2D eigenvalue weighted by Crippen LogP contribution is 2.10. The summed E-state index contributed by atoms with van der Waals surface area (Å²) in [4.78, 5) is 12.5. The van der Waals surface area contributed by atoms with E-state index in [4.69, 9.17) is 4.74 Å². The normalized spacial score (nSPS) is 17.1. The van der Waals surface area contributed by atoms with Gasteiger partial charge in [0, 0.05) is 6.54 Å². The minimum atomic E-state index is 0.0701. The molecule has 0 aromatic heterocycles. The summed E-state index contributed by atoms with van der Waals surface area (Å²) in [6.45, 7) is 7.52. The largest absolute Gasteiger partial charge is 0.478 e. The lowest BCUT2D eigenvalue weighted by atomic mass is 10.4. The lowest BCUT2D eigenvalue weighted by Gasteiger charge is -2.12. The summed E-state index contributed by atoms with van der Waals surface area (Å²) in [5, 5.41) is 0. The quantitative estimate of drug-likeness (QED) is 0.586. The molecule has 0 atom stereocenters. The predicted molar refractivity (Wildman–Crippen MR) is 46.5 cm³/mol. The third kappa shape index (κ3) is 2.42. The minimum absolute atomic E-state index is 0.0701. The van der Waals surface area contributed by atoms with E-state index in [-0.39, 0.29) is 5.78 Å². The van der Waals surface area contributed by atoms with Crippen LogP contribution in [0.2, 0.25) is 0 Å². The molecule has 0 aromatic carbocycles. The summed E-state index contributed by atoms with van der Waals surface area (Å²) in [7, 11) is 0. The fourth-order valence-electron chi connectivity index (χ4n) is 1.03. The topological polar surface area (TPSA) is 29.5 Å². The zero-order valence-corrected chi connectivity index (χ0v) is 7.25. The second kappa shape index (κ2) is 3.95. The van der Waals surface area contributed by atoms with Crippen LogP contribution in [0.1, 0.15) is 6.92 Å². The summed E-state index contributed by atoms with van der Waals surface area (Å²) in [5.74, 6) is 0.768. The molecule has 0 amide bonds. The summed E-state index contributed by atoms with van der Waals surface area (Å²) >= 11 is 0. The molecule has 0 saturated carbocycles. The first kappa shape index (κ1) is 8.84. The van der Waals surface area contributed by atoms with Gasteiger partial charge in [-0.25, -0.2) is 0 Å². The molecule has 0 N–H and O–H groups in total. The highest BCUT2D eigenvalue weighted by molar-refractivity contribution is 5.87. The Labute approximate surface area is 72.3 Å². The van der Waals surface area contributed by atoms with Crippen LogP contribution in [0.3, 0.4) is 0 Å². The summed E-state index contributed by atoms with van der Waals surface area (Å²) in [6.07, 6.45) is 3.38. The number of hydrogen-bond donors (Lipinski definition) is 0. The molecule has 1 saturated heterocycles. The molecule has 1 fully saturated rings. The van der Waals surface area contributed by atoms with E-state index in [1.54, 1.807) is 6.08 Å². The first-order valence-corrected chi connectivity index (χ1v) is 3.94. The second-order valence-corrected chi connectivity index (χ2v) is 2.70. The predicted octanol–water partition coefficient (Wildman–Crippen LogP) is 0.935. The smallest absolute Gasteiger partial charge is 0.182 e. The average Bonchev–Trinajstić information content (AvgIpc) is 2.36. The molecule has 1 rings (SSSR count). The van der Waals surface area contributed by atoms with E-state index < -0.39 is 0 Å². The Balaban J connectivity index is 2.31. The first-order chi connectivity index (χ1) is 5.70. The van der Waals surface area contributed by atoms with Gasteiger partial charge in [-0.2, -0.15) is 0 Å². The van der Waals surface area contributed by atoms with E-state index in [0.717, 1.165) is 6.54 Å². The lowest BCUT2D eigenvalue weighted by Crippen LogP contribution is -2.17. The number of ether oxygens (including phenoxy) is 1. The first-order valence-electron chi connectivity index (χ1n) is 3.94. The minimum Gasteiger partial charge on any atom is -0.478 e. The van der Waals surface area contributed by atoms with Crippen molar-refractivity contribution in [3.63, 3.8) is 0 Å². The second-order valence-electron chi connectivity index (χ2n) is 2.70.